The van der Waals surface area contributed by atoms with Gasteiger partial charge in [-0.25, -0.2) is 4.98 Å². The number of aromatic nitrogens is 2. The third kappa shape index (κ3) is 3.20. The fourth-order valence-electron chi connectivity index (χ4n) is 1.65. The first kappa shape index (κ1) is 12.8. The van der Waals surface area contributed by atoms with Gasteiger partial charge in [-0.2, -0.15) is 4.37 Å². The van der Waals surface area contributed by atoms with E-state index in [1.54, 1.807) is 7.11 Å². The van der Waals surface area contributed by atoms with Crippen molar-refractivity contribution in [3.05, 3.63) is 35.7 Å². The van der Waals surface area contributed by atoms with Crippen molar-refractivity contribution in [2.45, 2.75) is 19.8 Å². The summed E-state index contributed by atoms with van der Waals surface area (Å²) >= 11 is 1.41. The number of nitrogens with zero attached hydrogens (tertiary/aromatic N) is 2. The highest BCUT2D eigenvalue weighted by molar-refractivity contribution is 7.09. The standard InChI is InChI=1S/C13H17N3OS/c1-3-8-14-13-15-12(16-18-13)9-10-6-4-5-7-11(10)17-2/h4-7H,3,8-9H2,1-2H3,(H,14,15,16). The number of rotatable bonds is 6. The minimum Gasteiger partial charge on any atom is -0.496 e. The van der Waals surface area contributed by atoms with Gasteiger partial charge in [0.1, 0.15) is 11.6 Å². The van der Waals surface area contributed by atoms with E-state index in [0.29, 0.717) is 6.42 Å². The number of ether oxygens (including phenoxy) is 1. The highest BCUT2D eigenvalue weighted by atomic mass is 32.1. The van der Waals surface area contributed by atoms with Gasteiger partial charge in [0, 0.05) is 30.1 Å². The molecule has 0 bridgehead atoms. The van der Waals surface area contributed by atoms with Crippen molar-refractivity contribution in [1.29, 1.82) is 0 Å². The van der Waals surface area contributed by atoms with E-state index in [0.717, 1.165) is 35.2 Å². The Kier molecular flexibility index (Phi) is 4.52. The quantitative estimate of drug-likeness (QED) is 0.870. The summed E-state index contributed by atoms with van der Waals surface area (Å²) in [6.07, 6.45) is 1.79. The van der Waals surface area contributed by atoms with E-state index in [-0.39, 0.29) is 0 Å². The van der Waals surface area contributed by atoms with Crippen LogP contribution >= 0.6 is 11.5 Å². The minimum absolute atomic E-state index is 0.703. The Balaban J connectivity index is 2.06. The molecule has 0 unspecified atom stereocenters. The lowest BCUT2D eigenvalue weighted by molar-refractivity contribution is 0.410. The molecule has 2 aromatic rings. The zero-order chi connectivity index (χ0) is 12.8. The highest BCUT2D eigenvalue weighted by Crippen LogP contribution is 2.21. The van der Waals surface area contributed by atoms with Crippen LogP contribution in [0.3, 0.4) is 0 Å². The second-order valence-electron chi connectivity index (χ2n) is 3.93. The normalized spacial score (nSPS) is 10.3. The van der Waals surface area contributed by atoms with Gasteiger partial charge >= 0.3 is 0 Å². The van der Waals surface area contributed by atoms with Crippen LogP contribution in [0.1, 0.15) is 24.7 Å². The van der Waals surface area contributed by atoms with Gasteiger partial charge in [0.25, 0.3) is 0 Å². The van der Waals surface area contributed by atoms with Crippen LogP contribution in [0.25, 0.3) is 0 Å². The Morgan fingerprint density at radius 2 is 2.17 bits per heavy atom. The SMILES string of the molecule is CCCNc1nc(Cc2ccccc2OC)ns1. The lowest BCUT2D eigenvalue weighted by Crippen LogP contribution is -1.99. The van der Waals surface area contributed by atoms with E-state index < -0.39 is 0 Å². The van der Waals surface area contributed by atoms with Crippen molar-refractivity contribution in [3.8, 4) is 5.75 Å². The summed E-state index contributed by atoms with van der Waals surface area (Å²) in [5.74, 6) is 1.72. The van der Waals surface area contributed by atoms with Crippen LogP contribution in [0.2, 0.25) is 0 Å². The zero-order valence-electron chi connectivity index (χ0n) is 10.6. The van der Waals surface area contributed by atoms with Gasteiger partial charge in [0.2, 0.25) is 5.13 Å². The van der Waals surface area contributed by atoms with E-state index in [1.165, 1.54) is 11.5 Å². The number of anilines is 1. The van der Waals surface area contributed by atoms with Crippen LogP contribution in [0.15, 0.2) is 24.3 Å². The molecule has 0 amide bonds. The molecule has 1 aromatic carbocycles. The average Bonchev–Trinajstić information content (AvgIpc) is 2.84. The molecular formula is C13H17N3OS. The first-order chi connectivity index (χ1) is 8.83. The molecule has 4 nitrogen and oxygen atoms in total. The molecule has 0 spiro atoms. The third-order valence-corrected chi connectivity index (χ3v) is 3.25. The number of para-hydroxylation sites is 1. The molecule has 1 N–H and O–H groups in total. The van der Waals surface area contributed by atoms with Crippen LogP contribution in [0, 0.1) is 0 Å². The maximum absolute atomic E-state index is 5.32. The Hall–Kier alpha value is -1.62. The van der Waals surface area contributed by atoms with Gasteiger partial charge in [-0.3, -0.25) is 0 Å². The average molecular weight is 263 g/mol. The topological polar surface area (TPSA) is 47.0 Å². The van der Waals surface area contributed by atoms with Gasteiger partial charge in [-0.1, -0.05) is 25.1 Å². The maximum Gasteiger partial charge on any atom is 0.202 e. The van der Waals surface area contributed by atoms with E-state index in [4.69, 9.17) is 4.74 Å². The highest BCUT2D eigenvalue weighted by Gasteiger charge is 2.08. The van der Waals surface area contributed by atoms with Crippen LogP contribution in [0.4, 0.5) is 5.13 Å². The second kappa shape index (κ2) is 6.35. The molecule has 96 valence electrons. The van der Waals surface area contributed by atoms with E-state index >= 15 is 0 Å². The van der Waals surface area contributed by atoms with Crippen LogP contribution in [0.5, 0.6) is 5.75 Å². The molecule has 5 heteroatoms. The van der Waals surface area contributed by atoms with Crippen molar-refractivity contribution in [2.75, 3.05) is 19.0 Å². The summed E-state index contributed by atoms with van der Waals surface area (Å²) in [6.45, 7) is 3.06. The summed E-state index contributed by atoms with van der Waals surface area (Å²) in [7, 11) is 1.68. The fraction of sp³-hybridized carbons (Fsp3) is 0.385. The zero-order valence-corrected chi connectivity index (χ0v) is 11.5. The summed E-state index contributed by atoms with van der Waals surface area (Å²) in [6, 6.07) is 7.96. The predicted molar refractivity (Wildman–Crippen MR) is 74.5 cm³/mol. The molecule has 0 aliphatic heterocycles. The van der Waals surface area contributed by atoms with Crippen molar-refractivity contribution in [1.82, 2.24) is 9.36 Å². The Bertz CT molecular complexity index is 498. The lowest BCUT2D eigenvalue weighted by Gasteiger charge is -2.05. The number of benzene rings is 1. The van der Waals surface area contributed by atoms with Crippen LogP contribution < -0.4 is 10.1 Å². The Labute approximate surface area is 111 Å². The van der Waals surface area contributed by atoms with Crippen LogP contribution in [-0.2, 0) is 6.42 Å². The number of hydrogen-bond acceptors (Lipinski definition) is 5. The van der Waals surface area contributed by atoms with E-state index in [1.807, 2.05) is 24.3 Å². The first-order valence-electron chi connectivity index (χ1n) is 6.02. The fourth-order valence-corrected chi connectivity index (χ4v) is 2.26. The first-order valence-corrected chi connectivity index (χ1v) is 6.79. The summed E-state index contributed by atoms with van der Waals surface area (Å²) in [4.78, 5) is 4.46. The molecule has 0 aliphatic carbocycles. The molecule has 1 aromatic heterocycles. The third-order valence-electron chi connectivity index (χ3n) is 2.54. The predicted octanol–water partition coefficient (Wildman–Crippen LogP) is 2.96. The molecule has 0 fully saturated rings. The van der Waals surface area contributed by atoms with Gasteiger partial charge in [0.15, 0.2) is 0 Å². The maximum atomic E-state index is 5.32. The summed E-state index contributed by atoms with van der Waals surface area (Å²) in [5.41, 5.74) is 1.11. The van der Waals surface area contributed by atoms with Crippen molar-refractivity contribution in [3.63, 3.8) is 0 Å². The smallest absolute Gasteiger partial charge is 0.202 e. The van der Waals surface area contributed by atoms with Crippen LogP contribution in [-0.4, -0.2) is 23.0 Å². The molecule has 0 aliphatic rings. The molecule has 18 heavy (non-hydrogen) atoms. The molecular weight excluding hydrogens is 246 g/mol. The molecule has 0 saturated carbocycles. The molecule has 1 heterocycles. The molecule has 0 radical (unpaired) electrons. The van der Waals surface area contributed by atoms with Gasteiger partial charge in [0.05, 0.1) is 7.11 Å². The van der Waals surface area contributed by atoms with Crippen molar-refractivity contribution >= 4 is 16.7 Å². The van der Waals surface area contributed by atoms with E-state index in [2.05, 4.69) is 21.6 Å². The Morgan fingerprint density at radius 3 is 2.94 bits per heavy atom. The minimum atomic E-state index is 0.703. The second-order valence-corrected chi connectivity index (χ2v) is 4.68. The van der Waals surface area contributed by atoms with Gasteiger partial charge < -0.3 is 10.1 Å². The number of nitrogens with one attached hydrogen (secondary N) is 1. The largest absolute Gasteiger partial charge is 0.496 e. The van der Waals surface area contributed by atoms with Crippen molar-refractivity contribution < 1.29 is 4.74 Å². The molecule has 2 rings (SSSR count). The van der Waals surface area contributed by atoms with Gasteiger partial charge in [-0.05, 0) is 12.5 Å². The number of hydrogen-bond donors (Lipinski definition) is 1. The Morgan fingerprint density at radius 1 is 1.33 bits per heavy atom. The monoisotopic (exact) mass is 263 g/mol. The van der Waals surface area contributed by atoms with E-state index in [9.17, 15) is 0 Å². The lowest BCUT2D eigenvalue weighted by atomic mass is 10.1. The summed E-state index contributed by atoms with van der Waals surface area (Å²) < 4.78 is 9.67. The van der Waals surface area contributed by atoms with Gasteiger partial charge in [-0.15, -0.1) is 0 Å². The van der Waals surface area contributed by atoms with Crippen molar-refractivity contribution in [2.24, 2.45) is 0 Å². The number of methoxy groups -OCH3 is 1. The molecule has 0 atom stereocenters. The molecule has 0 saturated heterocycles. The summed E-state index contributed by atoms with van der Waals surface area (Å²) in [5, 5.41) is 4.13.